The SMILES string of the molecule is O=C(CNC1CC1)NCc1cn[nH]c1. The van der Waals surface area contributed by atoms with Crippen molar-refractivity contribution in [2.45, 2.75) is 25.4 Å². The summed E-state index contributed by atoms with van der Waals surface area (Å²) in [5.41, 5.74) is 0.991. The van der Waals surface area contributed by atoms with E-state index in [1.807, 2.05) is 0 Å². The molecule has 0 bridgehead atoms. The van der Waals surface area contributed by atoms with Crippen molar-refractivity contribution in [3.8, 4) is 0 Å². The number of aromatic nitrogens is 2. The maximum atomic E-state index is 11.3. The summed E-state index contributed by atoms with van der Waals surface area (Å²) in [7, 11) is 0. The molecular formula is C9H14N4O. The molecule has 1 heterocycles. The van der Waals surface area contributed by atoms with E-state index in [0.717, 1.165) is 5.56 Å². The molecule has 14 heavy (non-hydrogen) atoms. The molecule has 0 aromatic carbocycles. The minimum atomic E-state index is 0.0399. The Hall–Kier alpha value is -1.36. The van der Waals surface area contributed by atoms with Gasteiger partial charge >= 0.3 is 0 Å². The molecule has 1 aliphatic rings. The van der Waals surface area contributed by atoms with Crippen LogP contribution in [0.25, 0.3) is 0 Å². The van der Waals surface area contributed by atoms with E-state index in [1.54, 1.807) is 12.4 Å². The van der Waals surface area contributed by atoms with Crippen LogP contribution in [0.1, 0.15) is 18.4 Å². The number of hydrogen-bond donors (Lipinski definition) is 3. The lowest BCUT2D eigenvalue weighted by molar-refractivity contribution is -0.120. The minimum Gasteiger partial charge on any atom is -0.351 e. The second-order valence-electron chi connectivity index (χ2n) is 3.54. The zero-order valence-electron chi connectivity index (χ0n) is 7.92. The first-order valence-corrected chi connectivity index (χ1v) is 4.82. The molecule has 2 rings (SSSR count). The number of H-pyrrole nitrogens is 1. The van der Waals surface area contributed by atoms with Gasteiger partial charge in [0.25, 0.3) is 0 Å². The normalized spacial score (nSPS) is 15.4. The molecular weight excluding hydrogens is 180 g/mol. The summed E-state index contributed by atoms with van der Waals surface area (Å²) in [6, 6.07) is 0.578. The molecule has 1 aromatic heterocycles. The first-order chi connectivity index (χ1) is 6.84. The fourth-order valence-electron chi connectivity index (χ4n) is 1.16. The Labute approximate surface area is 82.3 Å². The van der Waals surface area contributed by atoms with Crippen LogP contribution in [-0.2, 0) is 11.3 Å². The first kappa shape index (κ1) is 9.21. The smallest absolute Gasteiger partial charge is 0.234 e. The van der Waals surface area contributed by atoms with Crippen LogP contribution in [-0.4, -0.2) is 28.7 Å². The van der Waals surface area contributed by atoms with Crippen LogP contribution < -0.4 is 10.6 Å². The highest BCUT2D eigenvalue weighted by atomic mass is 16.1. The number of nitrogens with one attached hydrogen (secondary N) is 3. The molecule has 1 aromatic rings. The lowest BCUT2D eigenvalue weighted by Gasteiger charge is -2.03. The van der Waals surface area contributed by atoms with Gasteiger partial charge in [0.2, 0.25) is 5.91 Å². The number of carbonyl (C=O) groups is 1. The number of amides is 1. The van der Waals surface area contributed by atoms with Gasteiger partial charge in [0.15, 0.2) is 0 Å². The van der Waals surface area contributed by atoms with Gasteiger partial charge in [0.05, 0.1) is 12.7 Å². The van der Waals surface area contributed by atoms with Crippen molar-refractivity contribution >= 4 is 5.91 Å². The molecule has 0 saturated heterocycles. The summed E-state index contributed by atoms with van der Waals surface area (Å²) in [5.74, 6) is 0.0399. The monoisotopic (exact) mass is 194 g/mol. The number of nitrogens with zero attached hydrogens (tertiary/aromatic N) is 1. The molecule has 0 radical (unpaired) electrons. The van der Waals surface area contributed by atoms with Gasteiger partial charge in [-0.3, -0.25) is 9.89 Å². The van der Waals surface area contributed by atoms with E-state index in [9.17, 15) is 4.79 Å². The highest BCUT2D eigenvalue weighted by Gasteiger charge is 2.20. The Morgan fingerprint density at radius 2 is 2.50 bits per heavy atom. The standard InChI is InChI=1S/C9H14N4O/c14-9(6-10-8-1-2-8)11-3-7-4-12-13-5-7/h4-5,8,10H,1-3,6H2,(H,11,14)(H,12,13). The van der Waals surface area contributed by atoms with E-state index >= 15 is 0 Å². The summed E-state index contributed by atoms with van der Waals surface area (Å²) in [6.07, 6.45) is 5.88. The molecule has 0 aliphatic heterocycles. The molecule has 1 amide bonds. The maximum Gasteiger partial charge on any atom is 0.234 e. The summed E-state index contributed by atoms with van der Waals surface area (Å²) in [5, 5.41) is 12.4. The molecule has 3 N–H and O–H groups in total. The summed E-state index contributed by atoms with van der Waals surface area (Å²) in [6.45, 7) is 0.962. The minimum absolute atomic E-state index is 0.0399. The van der Waals surface area contributed by atoms with Crippen molar-refractivity contribution < 1.29 is 4.79 Å². The van der Waals surface area contributed by atoms with E-state index in [-0.39, 0.29) is 5.91 Å². The Morgan fingerprint density at radius 3 is 3.14 bits per heavy atom. The van der Waals surface area contributed by atoms with Gasteiger partial charge in [0, 0.05) is 24.3 Å². The van der Waals surface area contributed by atoms with Crippen LogP contribution in [0.2, 0.25) is 0 Å². The van der Waals surface area contributed by atoms with E-state index in [1.165, 1.54) is 12.8 Å². The molecule has 5 heteroatoms. The van der Waals surface area contributed by atoms with Crippen LogP contribution in [0.3, 0.4) is 0 Å². The molecule has 0 spiro atoms. The quantitative estimate of drug-likeness (QED) is 0.607. The zero-order valence-corrected chi connectivity index (χ0v) is 7.92. The van der Waals surface area contributed by atoms with Gasteiger partial charge in [-0.1, -0.05) is 0 Å². The number of rotatable bonds is 5. The van der Waals surface area contributed by atoms with Crippen molar-refractivity contribution in [2.75, 3.05) is 6.54 Å². The van der Waals surface area contributed by atoms with Crippen molar-refractivity contribution in [2.24, 2.45) is 0 Å². The predicted octanol–water partition coefficient (Wildman–Crippen LogP) is -0.222. The highest BCUT2D eigenvalue weighted by Crippen LogP contribution is 2.17. The van der Waals surface area contributed by atoms with E-state index < -0.39 is 0 Å². The summed E-state index contributed by atoms with van der Waals surface area (Å²) >= 11 is 0. The van der Waals surface area contributed by atoms with Gasteiger partial charge in [-0.15, -0.1) is 0 Å². The molecule has 1 saturated carbocycles. The Morgan fingerprint density at radius 1 is 1.64 bits per heavy atom. The lowest BCUT2D eigenvalue weighted by Crippen LogP contribution is -2.34. The maximum absolute atomic E-state index is 11.3. The lowest BCUT2D eigenvalue weighted by atomic mass is 10.3. The number of carbonyl (C=O) groups excluding carboxylic acids is 1. The molecule has 76 valence electrons. The van der Waals surface area contributed by atoms with Gasteiger partial charge in [-0.2, -0.15) is 5.10 Å². The topological polar surface area (TPSA) is 69.8 Å². The summed E-state index contributed by atoms with van der Waals surface area (Å²) in [4.78, 5) is 11.3. The van der Waals surface area contributed by atoms with Crippen LogP contribution in [0, 0.1) is 0 Å². The van der Waals surface area contributed by atoms with Gasteiger partial charge < -0.3 is 10.6 Å². The predicted molar refractivity (Wildman–Crippen MR) is 51.5 cm³/mol. The number of hydrogen-bond acceptors (Lipinski definition) is 3. The van der Waals surface area contributed by atoms with Gasteiger partial charge in [0.1, 0.15) is 0 Å². The molecule has 0 atom stereocenters. The van der Waals surface area contributed by atoms with Crippen LogP contribution in [0.5, 0.6) is 0 Å². The second-order valence-corrected chi connectivity index (χ2v) is 3.54. The average molecular weight is 194 g/mol. The van der Waals surface area contributed by atoms with Crippen LogP contribution in [0.4, 0.5) is 0 Å². The number of aromatic amines is 1. The molecule has 5 nitrogen and oxygen atoms in total. The second kappa shape index (κ2) is 4.23. The highest BCUT2D eigenvalue weighted by molar-refractivity contribution is 5.78. The Kier molecular flexibility index (Phi) is 2.78. The fourth-order valence-corrected chi connectivity index (χ4v) is 1.16. The third-order valence-electron chi connectivity index (χ3n) is 2.17. The Balaban J connectivity index is 1.62. The van der Waals surface area contributed by atoms with Crippen molar-refractivity contribution in [1.82, 2.24) is 20.8 Å². The van der Waals surface area contributed by atoms with Crippen molar-refractivity contribution in [3.63, 3.8) is 0 Å². The van der Waals surface area contributed by atoms with Crippen LogP contribution in [0.15, 0.2) is 12.4 Å². The van der Waals surface area contributed by atoms with Crippen molar-refractivity contribution in [1.29, 1.82) is 0 Å². The van der Waals surface area contributed by atoms with Crippen LogP contribution >= 0.6 is 0 Å². The molecule has 0 unspecified atom stereocenters. The molecule has 1 fully saturated rings. The Bertz CT molecular complexity index is 292. The summed E-state index contributed by atoms with van der Waals surface area (Å²) < 4.78 is 0. The van der Waals surface area contributed by atoms with Gasteiger partial charge in [-0.05, 0) is 12.8 Å². The van der Waals surface area contributed by atoms with E-state index in [4.69, 9.17) is 0 Å². The van der Waals surface area contributed by atoms with E-state index in [0.29, 0.717) is 19.1 Å². The van der Waals surface area contributed by atoms with Gasteiger partial charge in [-0.25, -0.2) is 0 Å². The molecule has 1 aliphatic carbocycles. The first-order valence-electron chi connectivity index (χ1n) is 4.82. The van der Waals surface area contributed by atoms with E-state index in [2.05, 4.69) is 20.8 Å². The third-order valence-corrected chi connectivity index (χ3v) is 2.17. The van der Waals surface area contributed by atoms with Crippen molar-refractivity contribution in [3.05, 3.63) is 18.0 Å². The average Bonchev–Trinajstić information content (AvgIpc) is 2.87. The third kappa shape index (κ3) is 2.85. The zero-order chi connectivity index (χ0) is 9.80. The fraction of sp³-hybridized carbons (Fsp3) is 0.556. The largest absolute Gasteiger partial charge is 0.351 e.